The monoisotopic (exact) mass is 275 g/mol. The molecule has 0 aliphatic heterocycles. The quantitative estimate of drug-likeness (QED) is 0.806. The van der Waals surface area contributed by atoms with Gasteiger partial charge in [-0.2, -0.15) is 4.98 Å². The number of aromatic nitrogens is 2. The molecule has 1 aromatic rings. The zero-order valence-electron chi connectivity index (χ0n) is 12.7. The van der Waals surface area contributed by atoms with E-state index >= 15 is 0 Å². The summed E-state index contributed by atoms with van der Waals surface area (Å²) in [6, 6.07) is 1.90. The van der Waals surface area contributed by atoms with Crippen LogP contribution in [0.1, 0.15) is 38.8 Å². The molecule has 1 aliphatic carbocycles. The van der Waals surface area contributed by atoms with E-state index in [1.165, 1.54) is 0 Å². The molecule has 0 radical (unpaired) electrons. The van der Waals surface area contributed by atoms with Crippen molar-refractivity contribution in [1.82, 2.24) is 9.97 Å². The van der Waals surface area contributed by atoms with Gasteiger partial charge in [-0.1, -0.05) is 26.0 Å². The fourth-order valence-electron chi connectivity index (χ4n) is 2.36. The molecule has 4 heteroatoms. The lowest BCUT2D eigenvalue weighted by atomic mass is 9.85. The van der Waals surface area contributed by atoms with Crippen molar-refractivity contribution in [3.05, 3.63) is 23.9 Å². The van der Waals surface area contributed by atoms with Crippen LogP contribution in [-0.2, 0) is 0 Å². The summed E-state index contributed by atoms with van der Waals surface area (Å²) in [6.07, 6.45) is 7.84. The van der Waals surface area contributed by atoms with Crippen molar-refractivity contribution >= 4 is 5.95 Å². The molecule has 20 heavy (non-hydrogen) atoms. The van der Waals surface area contributed by atoms with Crippen LogP contribution in [0.5, 0.6) is 5.88 Å². The molecule has 110 valence electrons. The van der Waals surface area contributed by atoms with Crippen LogP contribution in [0.2, 0.25) is 0 Å². The second-order valence-corrected chi connectivity index (χ2v) is 5.59. The molecule has 0 saturated carbocycles. The highest BCUT2D eigenvalue weighted by atomic mass is 16.5. The zero-order chi connectivity index (χ0) is 14.4. The molecule has 0 spiro atoms. The maximum Gasteiger partial charge on any atom is 0.226 e. The van der Waals surface area contributed by atoms with Crippen LogP contribution in [0, 0.1) is 18.8 Å². The Morgan fingerprint density at radius 2 is 2.10 bits per heavy atom. The highest BCUT2D eigenvalue weighted by Gasteiger charge is 2.19. The van der Waals surface area contributed by atoms with Crippen LogP contribution in [-0.4, -0.2) is 23.1 Å². The molecule has 1 N–H and O–H groups in total. The number of anilines is 1. The summed E-state index contributed by atoms with van der Waals surface area (Å²) in [5.74, 6) is 2.61. The van der Waals surface area contributed by atoms with E-state index < -0.39 is 0 Å². The lowest BCUT2D eigenvalue weighted by Crippen LogP contribution is -2.21. The van der Waals surface area contributed by atoms with E-state index in [1.807, 2.05) is 13.0 Å². The Bertz CT molecular complexity index is 459. The molecule has 0 amide bonds. The van der Waals surface area contributed by atoms with Crippen molar-refractivity contribution in [3.63, 3.8) is 0 Å². The van der Waals surface area contributed by atoms with E-state index in [4.69, 9.17) is 4.74 Å². The largest absolute Gasteiger partial charge is 0.477 e. The van der Waals surface area contributed by atoms with E-state index in [0.29, 0.717) is 23.7 Å². The van der Waals surface area contributed by atoms with E-state index in [1.54, 1.807) is 0 Å². The van der Waals surface area contributed by atoms with Gasteiger partial charge in [0, 0.05) is 18.3 Å². The minimum Gasteiger partial charge on any atom is -0.477 e. The number of hydrogen-bond acceptors (Lipinski definition) is 4. The van der Waals surface area contributed by atoms with Gasteiger partial charge in [-0.15, -0.1) is 0 Å². The predicted octanol–water partition coefficient (Wildman–Crippen LogP) is 3.59. The summed E-state index contributed by atoms with van der Waals surface area (Å²) in [5, 5.41) is 3.21. The normalized spacial score (nSPS) is 21.8. The number of nitrogens with one attached hydrogen (secondary N) is 1. The predicted molar refractivity (Wildman–Crippen MR) is 82.1 cm³/mol. The zero-order valence-corrected chi connectivity index (χ0v) is 12.7. The van der Waals surface area contributed by atoms with Gasteiger partial charge in [0.25, 0.3) is 0 Å². The standard InChI is InChI=1S/C16H25N3O/c1-4-9-17-16-18-13(3)10-15(19-16)20-11-14-8-6-5-7-12(14)2/h5-6,10,12,14H,4,7-9,11H2,1-3H3,(H,17,18,19). The summed E-state index contributed by atoms with van der Waals surface area (Å²) in [6.45, 7) is 8.00. The third-order valence-corrected chi connectivity index (χ3v) is 3.73. The van der Waals surface area contributed by atoms with Gasteiger partial charge in [0.15, 0.2) is 0 Å². The van der Waals surface area contributed by atoms with Crippen LogP contribution >= 0.6 is 0 Å². The van der Waals surface area contributed by atoms with Crippen molar-refractivity contribution < 1.29 is 4.74 Å². The van der Waals surface area contributed by atoms with Gasteiger partial charge in [-0.3, -0.25) is 0 Å². The number of rotatable bonds is 6. The number of allylic oxidation sites excluding steroid dienone is 2. The van der Waals surface area contributed by atoms with Crippen molar-refractivity contribution in [2.45, 2.75) is 40.0 Å². The summed E-state index contributed by atoms with van der Waals surface area (Å²) in [4.78, 5) is 8.79. The smallest absolute Gasteiger partial charge is 0.226 e. The van der Waals surface area contributed by atoms with Gasteiger partial charge in [0.05, 0.1) is 6.61 Å². The van der Waals surface area contributed by atoms with Gasteiger partial charge in [0.2, 0.25) is 11.8 Å². The maximum absolute atomic E-state index is 5.89. The van der Waals surface area contributed by atoms with Gasteiger partial charge in [-0.05, 0) is 38.0 Å². The third kappa shape index (κ3) is 4.22. The molecular formula is C16H25N3O. The molecule has 0 fully saturated rings. The third-order valence-electron chi connectivity index (χ3n) is 3.73. The second kappa shape index (κ2) is 7.27. The summed E-state index contributed by atoms with van der Waals surface area (Å²) in [5.41, 5.74) is 0.935. The van der Waals surface area contributed by atoms with E-state index in [9.17, 15) is 0 Å². The fraction of sp³-hybridized carbons (Fsp3) is 0.625. The minimum atomic E-state index is 0.585. The number of ether oxygens (including phenoxy) is 1. The Labute approximate surface area is 121 Å². The maximum atomic E-state index is 5.89. The van der Waals surface area contributed by atoms with Crippen molar-refractivity contribution in [1.29, 1.82) is 0 Å². The molecule has 1 aromatic heterocycles. The van der Waals surface area contributed by atoms with Gasteiger partial charge < -0.3 is 10.1 Å². The lowest BCUT2D eigenvalue weighted by molar-refractivity contribution is 0.192. The molecule has 0 aromatic carbocycles. The fourth-order valence-corrected chi connectivity index (χ4v) is 2.36. The van der Waals surface area contributed by atoms with Crippen LogP contribution < -0.4 is 10.1 Å². The van der Waals surface area contributed by atoms with Gasteiger partial charge in [-0.25, -0.2) is 4.98 Å². The van der Waals surface area contributed by atoms with Crippen LogP contribution in [0.25, 0.3) is 0 Å². The van der Waals surface area contributed by atoms with E-state index in [2.05, 4.69) is 41.3 Å². The Balaban J connectivity index is 1.94. The number of nitrogens with zero attached hydrogens (tertiary/aromatic N) is 2. The number of aryl methyl sites for hydroxylation is 1. The van der Waals surface area contributed by atoms with Crippen LogP contribution in [0.15, 0.2) is 18.2 Å². The van der Waals surface area contributed by atoms with Crippen molar-refractivity contribution in [2.24, 2.45) is 11.8 Å². The Hall–Kier alpha value is -1.58. The highest BCUT2D eigenvalue weighted by molar-refractivity contribution is 5.30. The van der Waals surface area contributed by atoms with Crippen molar-refractivity contribution in [3.8, 4) is 5.88 Å². The average molecular weight is 275 g/mol. The Morgan fingerprint density at radius 3 is 2.85 bits per heavy atom. The van der Waals surface area contributed by atoms with Gasteiger partial charge in [0.1, 0.15) is 0 Å². The topological polar surface area (TPSA) is 47.0 Å². The SMILES string of the molecule is CCCNc1nc(C)cc(OCC2CC=CCC2C)n1. The molecule has 2 atom stereocenters. The first-order valence-electron chi connectivity index (χ1n) is 7.56. The molecule has 0 bridgehead atoms. The lowest BCUT2D eigenvalue weighted by Gasteiger charge is -2.24. The first-order valence-corrected chi connectivity index (χ1v) is 7.56. The molecule has 1 aliphatic rings. The number of hydrogen-bond donors (Lipinski definition) is 1. The highest BCUT2D eigenvalue weighted by Crippen LogP contribution is 2.25. The van der Waals surface area contributed by atoms with Crippen LogP contribution in [0.4, 0.5) is 5.95 Å². The molecule has 2 unspecified atom stereocenters. The van der Waals surface area contributed by atoms with E-state index in [-0.39, 0.29) is 0 Å². The Morgan fingerprint density at radius 1 is 1.30 bits per heavy atom. The first kappa shape index (κ1) is 14.8. The molecule has 4 nitrogen and oxygen atoms in total. The molecule has 0 saturated heterocycles. The first-order chi connectivity index (χ1) is 9.69. The van der Waals surface area contributed by atoms with E-state index in [0.717, 1.165) is 38.1 Å². The summed E-state index contributed by atoms with van der Waals surface area (Å²) in [7, 11) is 0. The van der Waals surface area contributed by atoms with Crippen molar-refractivity contribution in [2.75, 3.05) is 18.5 Å². The molecular weight excluding hydrogens is 250 g/mol. The molecule has 2 rings (SSSR count). The second-order valence-electron chi connectivity index (χ2n) is 5.59. The minimum absolute atomic E-state index is 0.585. The Kier molecular flexibility index (Phi) is 5.39. The average Bonchev–Trinajstić information content (AvgIpc) is 2.44. The summed E-state index contributed by atoms with van der Waals surface area (Å²) >= 11 is 0. The summed E-state index contributed by atoms with van der Waals surface area (Å²) < 4.78 is 5.89. The van der Waals surface area contributed by atoms with Crippen LogP contribution in [0.3, 0.4) is 0 Å². The molecule has 1 heterocycles. The van der Waals surface area contributed by atoms with Gasteiger partial charge >= 0.3 is 0 Å².